The van der Waals surface area contributed by atoms with Crippen molar-refractivity contribution >= 4 is 31.7 Å². The molecule has 82 valence electrons. The van der Waals surface area contributed by atoms with E-state index in [1.54, 1.807) is 12.1 Å². The Morgan fingerprint density at radius 1 is 1.27 bits per heavy atom. The summed E-state index contributed by atoms with van der Waals surface area (Å²) < 4.78 is 24.1. The standard InChI is InChI=1S/C9H10BrNO3S/c10-7-1-3-8(4-2-7)15(13,14)6-5-9(11)12/h1-4H,5-6H2,(H2,11,12). The summed E-state index contributed by atoms with van der Waals surface area (Å²) in [5.74, 6) is -0.861. The zero-order valence-electron chi connectivity index (χ0n) is 7.81. The first-order chi connectivity index (χ1) is 6.92. The van der Waals surface area contributed by atoms with Crippen LogP contribution in [0.25, 0.3) is 0 Å². The summed E-state index contributed by atoms with van der Waals surface area (Å²) in [5.41, 5.74) is 4.89. The molecule has 4 nitrogen and oxygen atoms in total. The number of carbonyl (C=O) groups excluding carboxylic acids is 1. The van der Waals surface area contributed by atoms with Gasteiger partial charge in [-0.2, -0.15) is 0 Å². The fourth-order valence-corrected chi connectivity index (χ4v) is 2.52. The van der Waals surface area contributed by atoms with Crippen LogP contribution in [0.3, 0.4) is 0 Å². The molecule has 0 fully saturated rings. The van der Waals surface area contributed by atoms with Crippen LogP contribution in [0.4, 0.5) is 0 Å². The number of primary amides is 1. The van der Waals surface area contributed by atoms with E-state index in [4.69, 9.17) is 5.73 Å². The van der Waals surface area contributed by atoms with Crippen molar-refractivity contribution in [3.63, 3.8) is 0 Å². The molecule has 0 unspecified atom stereocenters. The molecule has 0 saturated carbocycles. The van der Waals surface area contributed by atoms with E-state index in [0.717, 1.165) is 4.47 Å². The second-order valence-corrected chi connectivity index (χ2v) is 6.01. The van der Waals surface area contributed by atoms with E-state index >= 15 is 0 Å². The summed E-state index contributed by atoms with van der Waals surface area (Å²) in [6, 6.07) is 6.25. The monoisotopic (exact) mass is 291 g/mol. The first-order valence-electron chi connectivity index (χ1n) is 4.18. The van der Waals surface area contributed by atoms with Gasteiger partial charge in [-0.05, 0) is 24.3 Å². The van der Waals surface area contributed by atoms with Gasteiger partial charge in [-0.1, -0.05) is 15.9 Å². The number of halogens is 1. The van der Waals surface area contributed by atoms with Crippen molar-refractivity contribution in [1.29, 1.82) is 0 Å². The molecule has 15 heavy (non-hydrogen) atoms. The Morgan fingerprint density at radius 2 is 1.80 bits per heavy atom. The third-order valence-electron chi connectivity index (χ3n) is 1.79. The number of sulfone groups is 1. The normalized spacial score (nSPS) is 11.3. The molecule has 0 aliphatic carbocycles. The van der Waals surface area contributed by atoms with Crippen LogP contribution < -0.4 is 5.73 Å². The Morgan fingerprint density at radius 3 is 2.27 bits per heavy atom. The molecular weight excluding hydrogens is 282 g/mol. The molecule has 1 aromatic rings. The largest absolute Gasteiger partial charge is 0.370 e. The molecule has 0 bridgehead atoms. The summed E-state index contributed by atoms with van der Waals surface area (Å²) in [6.45, 7) is 0. The average molecular weight is 292 g/mol. The minimum absolute atomic E-state index is 0.154. The van der Waals surface area contributed by atoms with Gasteiger partial charge in [0.25, 0.3) is 0 Å². The van der Waals surface area contributed by atoms with Gasteiger partial charge in [0, 0.05) is 10.9 Å². The maximum absolute atomic E-state index is 11.6. The quantitative estimate of drug-likeness (QED) is 0.902. The van der Waals surface area contributed by atoms with Crippen LogP contribution in [-0.2, 0) is 14.6 Å². The van der Waals surface area contributed by atoms with E-state index in [1.165, 1.54) is 12.1 Å². The lowest BCUT2D eigenvalue weighted by atomic mass is 10.4. The van der Waals surface area contributed by atoms with E-state index in [9.17, 15) is 13.2 Å². The fourth-order valence-electron chi connectivity index (χ4n) is 0.995. The van der Waals surface area contributed by atoms with E-state index in [0.29, 0.717) is 0 Å². The maximum atomic E-state index is 11.6. The highest BCUT2D eigenvalue weighted by atomic mass is 79.9. The van der Waals surface area contributed by atoms with Crippen molar-refractivity contribution in [3.8, 4) is 0 Å². The van der Waals surface area contributed by atoms with E-state index < -0.39 is 15.7 Å². The highest BCUT2D eigenvalue weighted by molar-refractivity contribution is 9.10. The number of benzene rings is 1. The number of carbonyl (C=O) groups is 1. The SMILES string of the molecule is NC(=O)CCS(=O)(=O)c1ccc(Br)cc1. The molecule has 0 spiro atoms. The smallest absolute Gasteiger partial charge is 0.218 e. The topological polar surface area (TPSA) is 77.2 Å². The lowest BCUT2D eigenvalue weighted by molar-refractivity contribution is -0.117. The first-order valence-corrected chi connectivity index (χ1v) is 6.63. The van der Waals surface area contributed by atoms with Crippen LogP contribution in [0.2, 0.25) is 0 Å². The highest BCUT2D eigenvalue weighted by Crippen LogP contribution is 2.16. The number of hydrogen-bond acceptors (Lipinski definition) is 3. The average Bonchev–Trinajstić information content (AvgIpc) is 2.16. The lowest BCUT2D eigenvalue weighted by Crippen LogP contribution is -2.17. The highest BCUT2D eigenvalue weighted by Gasteiger charge is 2.14. The van der Waals surface area contributed by atoms with Crippen LogP contribution in [0.15, 0.2) is 33.6 Å². The summed E-state index contributed by atoms with van der Waals surface area (Å²) in [5, 5.41) is 0. The Kier molecular flexibility index (Phi) is 3.87. The van der Waals surface area contributed by atoms with E-state index in [1.807, 2.05) is 0 Å². The van der Waals surface area contributed by atoms with Crippen LogP contribution in [0.5, 0.6) is 0 Å². The summed E-state index contributed by atoms with van der Waals surface area (Å²) in [4.78, 5) is 10.7. The number of nitrogens with two attached hydrogens (primary N) is 1. The molecule has 0 aromatic heterocycles. The minimum Gasteiger partial charge on any atom is -0.370 e. The lowest BCUT2D eigenvalue weighted by Gasteiger charge is -2.02. The molecule has 1 aromatic carbocycles. The van der Waals surface area contributed by atoms with Gasteiger partial charge in [-0.15, -0.1) is 0 Å². The predicted molar refractivity (Wildman–Crippen MR) is 60.0 cm³/mol. The Balaban J connectivity index is 2.87. The molecule has 6 heteroatoms. The number of amides is 1. The van der Waals surface area contributed by atoms with Crippen molar-refractivity contribution in [2.45, 2.75) is 11.3 Å². The molecule has 1 rings (SSSR count). The second-order valence-electron chi connectivity index (χ2n) is 2.99. The number of hydrogen-bond donors (Lipinski definition) is 1. The van der Waals surface area contributed by atoms with Crippen LogP contribution in [0.1, 0.15) is 6.42 Å². The number of rotatable bonds is 4. The van der Waals surface area contributed by atoms with Gasteiger partial charge in [0.05, 0.1) is 10.6 Å². The van der Waals surface area contributed by atoms with Crippen LogP contribution >= 0.6 is 15.9 Å². The Hall–Kier alpha value is -0.880. The third-order valence-corrected chi connectivity index (χ3v) is 4.05. The Labute approximate surface area is 96.5 Å². The zero-order valence-corrected chi connectivity index (χ0v) is 10.2. The van der Waals surface area contributed by atoms with Gasteiger partial charge in [0.2, 0.25) is 5.91 Å². The third kappa shape index (κ3) is 3.64. The van der Waals surface area contributed by atoms with Gasteiger partial charge in [0.15, 0.2) is 9.84 Å². The molecule has 0 radical (unpaired) electrons. The molecular formula is C9H10BrNO3S. The molecule has 0 aliphatic heterocycles. The molecule has 0 aliphatic rings. The second kappa shape index (κ2) is 4.76. The van der Waals surface area contributed by atoms with Crippen molar-refractivity contribution in [2.75, 3.05) is 5.75 Å². The van der Waals surface area contributed by atoms with Gasteiger partial charge in [-0.3, -0.25) is 4.79 Å². The van der Waals surface area contributed by atoms with Gasteiger partial charge < -0.3 is 5.73 Å². The molecule has 0 atom stereocenters. The first kappa shape index (κ1) is 12.2. The summed E-state index contributed by atoms with van der Waals surface area (Å²) in [7, 11) is -3.39. The zero-order chi connectivity index (χ0) is 11.5. The summed E-state index contributed by atoms with van der Waals surface area (Å²) >= 11 is 3.21. The molecule has 2 N–H and O–H groups in total. The summed E-state index contributed by atoms with van der Waals surface area (Å²) in [6.07, 6.45) is -0.154. The Bertz CT molecular complexity index is 453. The van der Waals surface area contributed by atoms with Gasteiger partial charge >= 0.3 is 0 Å². The van der Waals surface area contributed by atoms with Crippen molar-refractivity contribution in [2.24, 2.45) is 5.73 Å². The van der Waals surface area contributed by atoms with E-state index in [2.05, 4.69) is 15.9 Å². The van der Waals surface area contributed by atoms with Gasteiger partial charge in [-0.25, -0.2) is 8.42 Å². The van der Waals surface area contributed by atoms with Crippen molar-refractivity contribution in [3.05, 3.63) is 28.7 Å². The van der Waals surface area contributed by atoms with Gasteiger partial charge in [0.1, 0.15) is 0 Å². The van der Waals surface area contributed by atoms with Crippen LogP contribution in [0, 0.1) is 0 Å². The van der Waals surface area contributed by atoms with E-state index in [-0.39, 0.29) is 17.1 Å². The van der Waals surface area contributed by atoms with Crippen molar-refractivity contribution in [1.82, 2.24) is 0 Å². The van der Waals surface area contributed by atoms with Crippen molar-refractivity contribution < 1.29 is 13.2 Å². The minimum atomic E-state index is -3.39. The predicted octanol–water partition coefficient (Wildman–Crippen LogP) is 1.10. The molecule has 0 saturated heterocycles. The molecule has 1 amide bonds. The maximum Gasteiger partial charge on any atom is 0.218 e. The molecule has 0 heterocycles. The fraction of sp³-hybridized carbons (Fsp3) is 0.222. The van der Waals surface area contributed by atoms with Crippen LogP contribution in [-0.4, -0.2) is 20.1 Å².